The van der Waals surface area contributed by atoms with Crippen molar-refractivity contribution in [2.75, 3.05) is 32.0 Å². The normalized spacial score (nSPS) is 17.0. The maximum atomic E-state index is 13.9. The Kier molecular flexibility index (Phi) is 8.63. The quantitative estimate of drug-likeness (QED) is 0.142. The standard InChI is InChI=1S/C29H29Cl2FN6O3/c1-15-8-16(9-17(11-33)27(15)40-19-4-6-38(7-5-19)18-13-39-14-18)26(35)21-10-20(2-3-23(21)34)41-29(36)24-22(30)12-37-28(32)25(24)31/h2-3,8-10,12,18-19,29,35H,4-7,13-14,34,36H2,1H3/t29-/m0/s1. The molecular weight excluding hydrogens is 570 g/mol. The molecule has 0 bridgehead atoms. The molecule has 9 nitrogen and oxygen atoms in total. The van der Waals surface area contributed by atoms with E-state index in [4.69, 9.17) is 54.3 Å². The van der Waals surface area contributed by atoms with Gasteiger partial charge in [0.2, 0.25) is 5.95 Å². The molecular formula is C29H29Cl2FN6O3. The Hall–Kier alpha value is -3.46. The number of nitrogen functional groups attached to an aromatic ring is 1. The molecule has 0 spiro atoms. The lowest BCUT2D eigenvalue weighted by Crippen LogP contribution is -2.52. The molecule has 2 aliphatic rings. The first-order valence-corrected chi connectivity index (χ1v) is 13.9. The van der Waals surface area contributed by atoms with Gasteiger partial charge in [-0.3, -0.25) is 16.0 Å². The van der Waals surface area contributed by atoms with Crippen LogP contribution >= 0.6 is 23.2 Å². The minimum Gasteiger partial charge on any atom is -0.489 e. The molecule has 2 saturated heterocycles. The van der Waals surface area contributed by atoms with E-state index in [2.05, 4.69) is 16.0 Å². The summed E-state index contributed by atoms with van der Waals surface area (Å²) in [6.07, 6.45) is 1.63. The second kappa shape index (κ2) is 12.2. The number of nitrogens with zero attached hydrogens (tertiary/aromatic N) is 3. The number of hydrogen-bond acceptors (Lipinski definition) is 9. The van der Waals surface area contributed by atoms with E-state index in [-0.39, 0.29) is 33.2 Å². The first-order valence-electron chi connectivity index (χ1n) is 13.1. The highest BCUT2D eigenvalue weighted by atomic mass is 35.5. The molecule has 2 aromatic carbocycles. The van der Waals surface area contributed by atoms with Gasteiger partial charge in [-0.15, -0.1) is 0 Å². The number of anilines is 1. The topological polar surface area (TPSA) is 143 Å². The number of piperidine rings is 1. The summed E-state index contributed by atoms with van der Waals surface area (Å²) in [5, 5.41) is 18.5. The monoisotopic (exact) mass is 598 g/mol. The molecule has 0 unspecified atom stereocenters. The highest BCUT2D eigenvalue weighted by Gasteiger charge is 2.31. The Labute approximate surface area is 247 Å². The number of nitrogens with one attached hydrogen (secondary N) is 1. The number of hydrogen-bond donors (Lipinski definition) is 3. The molecule has 2 aliphatic heterocycles. The van der Waals surface area contributed by atoms with Crippen molar-refractivity contribution in [3.8, 4) is 17.6 Å². The van der Waals surface area contributed by atoms with Gasteiger partial charge in [0.15, 0.2) is 6.23 Å². The van der Waals surface area contributed by atoms with Crippen LogP contribution in [0.25, 0.3) is 0 Å². The molecule has 1 aromatic heterocycles. The van der Waals surface area contributed by atoms with E-state index in [9.17, 15) is 9.65 Å². The lowest BCUT2D eigenvalue weighted by atomic mass is 9.96. The summed E-state index contributed by atoms with van der Waals surface area (Å²) in [6, 6.07) is 10.8. The van der Waals surface area contributed by atoms with Gasteiger partial charge >= 0.3 is 0 Å². The van der Waals surface area contributed by atoms with Crippen LogP contribution < -0.4 is 20.9 Å². The Bertz CT molecular complexity index is 1520. The van der Waals surface area contributed by atoms with Crippen molar-refractivity contribution < 1.29 is 18.6 Å². The highest BCUT2D eigenvalue weighted by molar-refractivity contribution is 6.35. The van der Waals surface area contributed by atoms with Crippen LogP contribution in [0.4, 0.5) is 10.1 Å². The number of halogens is 3. The van der Waals surface area contributed by atoms with E-state index < -0.39 is 12.2 Å². The zero-order valence-corrected chi connectivity index (χ0v) is 23.8. The van der Waals surface area contributed by atoms with Gasteiger partial charge in [-0.2, -0.15) is 9.65 Å². The second-order valence-electron chi connectivity index (χ2n) is 10.1. The summed E-state index contributed by atoms with van der Waals surface area (Å²) in [6.45, 7) is 5.29. The molecule has 0 aliphatic carbocycles. The summed E-state index contributed by atoms with van der Waals surface area (Å²) in [4.78, 5) is 5.89. The van der Waals surface area contributed by atoms with Crippen LogP contribution in [0.3, 0.4) is 0 Å². The predicted octanol–water partition coefficient (Wildman–Crippen LogP) is 4.98. The maximum Gasteiger partial charge on any atom is 0.232 e. The first kappa shape index (κ1) is 29.0. The number of nitriles is 1. The number of ether oxygens (including phenoxy) is 3. The van der Waals surface area contributed by atoms with Crippen LogP contribution in [0.15, 0.2) is 36.5 Å². The van der Waals surface area contributed by atoms with Crippen LogP contribution in [-0.2, 0) is 4.74 Å². The molecule has 3 heterocycles. The number of benzene rings is 2. The molecule has 0 radical (unpaired) electrons. The third-order valence-electron chi connectivity index (χ3n) is 7.39. The van der Waals surface area contributed by atoms with Crippen LogP contribution in [0.2, 0.25) is 10.0 Å². The van der Waals surface area contributed by atoms with Gasteiger partial charge in [0.1, 0.15) is 28.7 Å². The van der Waals surface area contributed by atoms with Crippen molar-refractivity contribution in [3.05, 3.63) is 80.3 Å². The number of nitrogens with two attached hydrogens (primary N) is 2. The Balaban J connectivity index is 1.33. The molecule has 5 rings (SSSR count). The molecule has 0 amide bonds. The van der Waals surface area contributed by atoms with Crippen molar-refractivity contribution in [2.24, 2.45) is 5.73 Å². The highest BCUT2D eigenvalue weighted by Crippen LogP contribution is 2.34. The molecule has 0 saturated carbocycles. The molecule has 12 heteroatoms. The van der Waals surface area contributed by atoms with Crippen molar-refractivity contribution in [3.63, 3.8) is 0 Å². The molecule has 214 valence electrons. The number of pyridine rings is 1. The van der Waals surface area contributed by atoms with Gasteiger partial charge in [-0.1, -0.05) is 23.2 Å². The summed E-state index contributed by atoms with van der Waals surface area (Å²) in [5.41, 5.74) is 14.7. The molecule has 5 N–H and O–H groups in total. The lowest BCUT2D eigenvalue weighted by molar-refractivity contribution is -0.0778. The zero-order chi connectivity index (χ0) is 29.3. The average molecular weight is 599 g/mol. The number of rotatable bonds is 8. The van der Waals surface area contributed by atoms with Crippen LogP contribution in [-0.4, -0.2) is 54.0 Å². The second-order valence-corrected chi connectivity index (χ2v) is 10.9. The van der Waals surface area contributed by atoms with Crippen LogP contribution in [0, 0.1) is 29.6 Å². The van der Waals surface area contributed by atoms with Crippen molar-refractivity contribution >= 4 is 34.6 Å². The van der Waals surface area contributed by atoms with Crippen LogP contribution in [0.1, 0.15) is 46.9 Å². The maximum absolute atomic E-state index is 13.9. The molecule has 1 atom stereocenters. The van der Waals surface area contributed by atoms with E-state index >= 15 is 0 Å². The van der Waals surface area contributed by atoms with E-state index in [0.29, 0.717) is 34.2 Å². The average Bonchev–Trinajstić information content (AvgIpc) is 2.92. The number of aryl methyl sites for hydroxylation is 1. The fourth-order valence-electron chi connectivity index (χ4n) is 5.02. The smallest absolute Gasteiger partial charge is 0.232 e. The fraction of sp³-hybridized carbons (Fsp3) is 0.345. The van der Waals surface area contributed by atoms with Crippen molar-refractivity contribution in [1.29, 1.82) is 10.7 Å². The fourth-order valence-corrected chi connectivity index (χ4v) is 5.58. The van der Waals surface area contributed by atoms with Gasteiger partial charge < -0.3 is 19.9 Å². The molecule has 2 fully saturated rings. The Morgan fingerprint density at radius 1 is 1.24 bits per heavy atom. The van der Waals surface area contributed by atoms with Crippen molar-refractivity contribution in [1.82, 2.24) is 9.88 Å². The minimum absolute atomic E-state index is 0.00732. The summed E-state index contributed by atoms with van der Waals surface area (Å²) >= 11 is 12.1. The van der Waals surface area contributed by atoms with E-state index in [0.717, 1.165) is 50.9 Å². The largest absolute Gasteiger partial charge is 0.489 e. The van der Waals surface area contributed by atoms with Gasteiger partial charge in [-0.05, 0) is 55.7 Å². The first-order chi connectivity index (χ1) is 19.7. The van der Waals surface area contributed by atoms with Crippen molar-refractivity contribution in [2.45, 2.75) is 38.1 Å². The summed E-state index contributed by atoms with van der Waals surface area (Å²) in [5.74, 6) is -0.133. The number of likely N-dealkylation sites (tertiary alicyclic amines) is 1. The van der Waals surface area contributed by atoms with Crippen LogP contribution in [0.5, 0.6) is 11.5 Å². The van der Waals surface area contributed by atoms with Gasteiger partial charge in [0.25, 0.3) is 0 Å². The summed E-state index contributed by atoms with van der Waals surface area (Å²) in [7, 11) is 0. The minimum atomic E-state index is -1.21. The van der Waals surface area contributed by atoms with E-state index in [1.165, 1.54) is 0 Å². The van der Waals surface area contributed by atoms with E-state index in [1.54, 1.807) is 30.3 Å². The van der Waals surface area contributed by atoms with E-state index in [1.807, 2.05) is 6.92 Å². The lowest BCUT2D eigenvalue weighted by Gasteiger charge is -2.41. The molecule has 3 aromatic rings. The third kappa shape index (κ3) is 6.10. The van der Waals surface area contributed by atoms with Gasteiger partial charge in [0.05, 0.1) is 41.1 Å². The predicted molar refractivity (Wildman–Crippen MR) is 154 cm³/mol. The third-order valence-corrected chi connectivity index (χ3v) is 8.05. The number of aromatic nitrogens is 1. The Morgan fingerprint density at radius 3 is 2.63 bits per heavy atom. The molecule has 41 heavy (non-hydrogen) atoms. The van der Waals surface area contributed by atoms with Gasteiger partial charge in [-0.25, -0.2) is 4.98 Å². The Morgan fingerprint density at radius 2 is 1.98 bits per heavy atom. The SMILES string of the molecule is Cc1cc(C(=N)c2cc(O[C@H](N)c3c(Cl)cnc(F)c3Cl)ccc2N)cc(C#N)c1OC1CCN(C2COC2)CC1. The zero-order valence-electron chi connectivity index (χ0n) is 22.3. The summed E-state index contributed by atoms with van der Waals surface area (Å²) < 4.78 is 31.3. The van der Waals surface area contributed by atoms with Gasteiger partial charge in [0, 0.05) is 36.1 Å².